The van der Waals surface area contributed by atoms with Crippen LogP contribution >= 0.6 is 22.9 Å². The fourth-order valence-corrected chi connectivity index (χ4v) is 2.00. The lowest BCUT2D eigenvalue weighted by atomic mass is 10.4. The molecule has 0 fully saturated rings. The number of thiophene rings is 1. The third kappa shape index (κ3) is 4.64. The fraction of sp³-hybridized carbons (Fsp3) is 0.500. The molecule has 0 bridgehead atoms. The molecule has 0 aliphatic carbocycles. The molecular weight excluding hydrogens is 234 g/mol. The van der Waals surface area contributed by atoms with E-state index in [2.05, 4.69) is 5.32 Å². The van der Waals surface area contributed by atoms with E-state index in [1.165, 1.54) is 11.3 Å². The third-order valence-corrected chi connectivity index (χ3v) is 2.98. The Morgan fingerprint density at radius 3 is 3.00 bits per heavy atom. The summed E-state index contributed by atoms with van der Waals surface area (Å²) >= 11 is 7.01. The molecule has 1 heterocycles. The maximum Gasteiger partial charge on any atom is 0.261 e. The van der Waals surface area contributed by atoms with Crippen molar-refractivity contribution in [1.29, 1.82) is 0 Å². The molecule has 0 aromatic carbocycles. The van der Waals surface area contributed by atoms with Gasteiger partial charge in [0.15, 0.2) is 0 Å². The normalized spacial score (nSPS) is 10.3. The highest BCUT2D eigenvalue weighted by Gasteiger charge is 2.06. The summed E-state index contributed by atoms with van der Waals surface area (Å²) in [6.07, 6.45) is 0.832. The summed E-state index contributed by atoms with van der Waals surface area (Å²) in [5.41, 5.74) is 0. The highest BCUT2D eigenvalue weighted by Crippen LogP contribution is 2.20. The maximum atomic E-state index is 11.5. The maximum absolute atomic E-state index is 11.5. The minimum Gasteiger partial charge on any atom is -0.382 e. The van der Waals surface area contributed by atoms with Crippen LogP contribution < -0.4 is 5.32 Å². The summed E-state index contributed by atoms with van der Waals surface area (Å²) < 4.78 is 5.79. The van der Waals surface area contributed by atoms with Crippen LogP contribution in [0.25, 0.3) is 0 Å². The van der Waals surface area contributed by atoms with Gasteiger partial charge in [-0.05, 0) is 25.5 Å². The summed E-state index contributed by atoms with van der Waals surface area (Å²) in [7, 11) is 0. The Labute approximate surface area is 98.4 Å². The van der Waals surface area contributed by atoms with Gasteiger partial charge in [0.2, 0.25) is 0 Å². The lowest BCUT2D eigenvalue weighted by Crippen LogP contribution is -2.24. The molecule has 0 saturated carbocycles. The molecule has 84 valence electrons. The van der Waals surface area contributed by atoms with E-state index in [9.17, 15) is 4.79 Å². The number of rotatable bonds is 6. The second-order valence-electron chi connectivity index (χ2n) is 2.91. The van der Waals surface area contributed by atoms with Crippen molar-refractivity contribution < 1.29 is 9.53 Å². The van der Waals surface area contributed by atoms with Crippen LogP contribution in [0.1, 0.15) is 23.0 Å². The Balaban J connectivity index is 2.19. The summed E-state index contributed by atoms with van der Waals surface area (Å²) in [6, 6.07) is 3.45. The van der Waals surface area contributed by atoms with Crippen molar-refractivity contribution in [3.05, 3.63) is 21.3 Å². The van der Waals surface area contributed by atoms with E-state index in [1.807, 2.05) is 6.92 Å². The predicted octanol–water partition coefficient (Wildman–Crippen LogP) is 2.56. The van der Waals surface area contributed by atoms with Crippen LogP contribution in [-0.2, 0) is 4.74 Å². The number of ether oxygens (including phenoxy) is 1. The molecule has 0 atom stereocenters. The van der Waals surface area contributed by atoms with Crippen LogP contribution in [0.5, 0.6) is 0 Å². The van der Waals surface area contributed by atoms with Crippen LogP contribution in [-0.4, -0.2) is 25.7 Å². The van der Waals surface area contributed by atoms with Crippen molar-refractivity contribution in [3.63, 3.8) is 0 Å². The largest absolute Gasteiger partial charge is 0.382 e. The predicted molar refractivity (Wildman–Crippen MR) is 62.8 cm³/mol. The van der Waals surface area contributed by atoms with E-state index < -0.39 is 0 Å². The molecule has 1 amide bonds. The molecule has 1 rings (SSSR count). The van der Waals surface area contributed by atoms with Crippen molar-refractivity contribution >= 4 is 28.8 Å². The van der Waals surface area contributed by atoms with Crippen molar-refractivity contribution in [1.82, 2.24) is 5.32 Å². The van der Waals surface area contributed by atoms with Gasteiger partial charge in [0, 0.05) is 19.8 Å². The smallest absolute Gasteiger partial charge is 0.261 e. The Hall–Kier alpha value is -0.580. The summed E-state index contributed by atoms with van der Waals surface area (Å²) in [4.78, 5) is 12.1. The minimum atomic E-state index is -0.0663. The molecule has 15 heavy (non-hydrogen) atoms. The third-order valence-electron chi connectivity index (χ3n) is 1.75. The molecule has 0 aliphatic rings. The Kier molecular flexibility index (Phi) is 5.68. The van der Waals surface area contributed by atoms with Gasteiger partial charge in [-0.1, -0.05) is 11.6 Å². The van der Waals surface area contributed by atoms with Gasteiger partial charge in [-0.2, -0.15) is 0 Å². The van der Waals surface area contributed by atoms with Crippen LogP contribution in [0.3, 0.4) is 0 Å². The van der Waals surface area contributed by atoms with Gasteiger partial charge >= 0.3 is 0 Å². The molecule has 0 unspecified atom stereocenters. The number of carbonyl (C=O) groups is 1. The van der Waals surface area contributed by atoms with Crippen molar-refractivity contribution in [2.45, 2.75) is 13.3 Å². The Morgan fingerprint density at radius 1 is 1.60 bits per heavy atom. The van der Waals surface area contributed by atoms with Crippen molar-refractivity contribution in [2.24, 2.45) is 0 Å². The second kappa shape index (κ2) is 6.82. The first-order valence-corrected chi connectivity index (χ1v) is 6.04. The first kappa shape index (κ1) is 12.5. The lowest BCUT2D eigenvalue weighted by molar-refractivity contribution is 0.0948. The van der Waals surface area contributed by atoms with E-state index in [0.717, 1.165) is 6.42 Å². The van der Waals surface area contributed by atoms with Gasteiger partial charge < -0.3 is 10.1 Å². The SMILES string of the molecule is CCOCCCNC(=O)c1ccc(Cl)s1. The molecule has 3 nitrogen and oxygen atoms in total. The van der Waals surface area contributed by atoms with E-state index in [-0.39, 0.29) is 5.91 Å². The van der Waals surface area contributed by atoms with E-state index in [1.54, 1.807) is 12.1 Å². The zero-order valence-electron chi connectivity index (χ0n) is 8.59. The number of hydrogen-bond acceptors (Lipinski definition) is 3. The standard InChI is InChI=1S/C10H14ClNO2S/c1-2-14-7-3-6-12-10(13)8-4-5-9(11)15-8/h4-5H,2-3,6-7H2,1H3,(H,12,13). The van der Waals surface area contributed by atoms with Crippen LogP contribution in [0.4, 0.5) is 0 Å². The zero-order chi connectivity index (χ0) is 11.1. The number of hydrogen-bond donors (Lipinski definition) is 1. The topological polar surface area (TPSA) is 38.3 Å². The molecular formula is C10H14ClNO2S. The quantitative estimate of drug-likeness (QED) is 0.785. The summed E-state index contributed by atoms with van der Waals surface area (Å²) in [6.45, 7) is 3.98. The number of carbonyl (C=O) groups excluding carboxylic acids is 1. The average molecular weight is 248 g/mol. The van der Waals surface area contributed by atoms with Crippen LogP contribution in [0.15, 0.2) is 12.1 Å². The van der Waals surface area contributed by atoms with Gasteiger partial charge in [0.25, 0.3) is 5.91 Å². The Bertz CT molecular complexity index is 314. The molecule has 5 heteroatoms. The van der Waals surface area contributed by atoms with Gasteiger partial charge in [0.05, 0.1) is 9.21 Å². The highest BCUT2D eigenvalue weighted by atomic mass is 35.5. The van der Waals surface area contributed by atoms with E-state index in [4.69, 9.17) is 16.3 Å². The first-order valence-electron chi connectivity index (χ1n) is 4.85. The van der Waals surface area contributed by atoms with Crippen LogP contribution in [0, 0.1) is 0 Å². The number of halogens is 1. The second-order valence-corrected chi connectivity index (χ2v) is 4.63. The van der Waals surface area contributed by atoms with Gasteiger partial charge in [-0.3, -0.25) is 4.79 Å². The zero-order valence-corrected chi connectivity index (χ0v) is 10.2. The van der Waals surface area contributed by atoms with Crippen LogP contribution in [0.2, 0.25) is 4.34 Å². The number of nitrogens with one attached hydrogen (secondary N) is 1. The highest BCUT2D eigenvalue weighted by molar-refractivity contribution is 7.17. The number of amides is 1. The molecule has 1 aromatic rings. The summed E-state index contributed by atoms with van der Waals surface area (Å²) in [5.74, 6) is -0.0663. The minimum absolute atomic E-state index is 0.0663. The average Bonchev–Trinajstić information content (AvgIpc) is 2.64. The monoisotopic (exact) mass is 247 g/mol. The molecule has 1 aromatic heterocycles. The van der Waals surface area contributed by atoms with Gasteiger partial charge in [-0.15, -0.1) is 11.3 Å². The fourth-order valence-electron chi connectivity index (χ4n) is 1.04. The molecule has 0 spiro atoms. The van der Waals surface area contributed by atoms with Crippen molar-refractivity contribution in [2.75, 3.05) is 19.8 Å². The Morgan fingerprint density at radius 2 is 2.40 bits per heavy atom. The van der Waals surface area contributed by atoms with E-state index in [0.29, 0.717) is 29.0 Å². The molecule has 0 saturated heterocycles. The van der Waals surface area contributed by atoms with Crippen molar-refractivity contribution in [3.8, 4) is 0 Å². The van der Waals surface area contributed by atoms with Gasteiger partial charge in [0.1, 0.15) is 0 Å². The lowest BCUT2D eigenvalue weighted by Gasteiger charge is -2.03. The molecule has 0 radical (unpaired) electrons. The molecule has 0 aliphatic heterocycles. The molecule has 1 N–H and O–H groups in total. The van der Waals surface area contributed by atoms with E-state index >= 15 is 0 Å². The van der Waals surface area contributed by atoms with Gasteiger partial charge in [-0.25, -0.2) is 0 Å². The summed E-state index contributed by atoms with van der Waals surface area (Å²) in [5, 5.41) is 2.80. The first-order chi connectivity index (χ1) is 7.24.